The van der Waals surface area contributed by atoms with E-state index in [9.17, 15) is 0 Å². The van der Waals surface area contributed by atoms with Crippen LogP contribution in [-0.4, -0.2) is 38.8 Å². The van der Waals surface area contributed by atoms with E-state index in [1.165, 1.54) is 0 Å². The number of nitrogens with two attached hydrogens (primary N) is 1. The predicted octanol–water partition coefficient (Wildman–Crippen LogP) is -0.0270. The monoisotopic (exact) mass is 136 g/mol. The van der Waals surface area contributed by atoms with Gasteiger partial charge in [0.2, 0.25) is 0 Å². The van der Waals surface area contributed by atoms with E-state index in [0.29, 0.717) is 6.61 Å². The smallest absolute Gasteiger partial charge is 0.0803 e. The van der Waals surface area contributed by atoms with E-state index in [4.69, 9.17) is 5.90 Å². The van der Waals surface area contributed by atoms with E-state index < -0.39 is 0 Å². The highest BCUT2D eigenvalue weighted by molar-refractivity contribution is 4.30. The summed E-state index contributed by atoms with van der Waals surface area (Å²) in [5.74, 6) is 4.85. The standard InChI is InChI=1S/C6H17N2O/c1-8(2,3)5-4-6-9-7/h4-7H2,1-3H3/q+1/i4+1,5+1,6+1. The molecule has 0 aromatic rings. The fourth-order valence-electron chi connectivity index (χ4n) is 0.622. The Kier molecular flexibility index (Phi) is 3.77. The molecule has 0 bridgehead atoms. The average Bonchev–Trinajstić information content (AvgIpc) is 1.63. The average molecular weight is 136 g/mol. The van der Waals surface area contributed by atoms with Crippen molar-refractivity contribution in [1.29, 1.82) is 0 Å². The minimum absolute atomic E-state index is 0.662. The molecule has 0 aliphatic heterocycles. The molecule has 3 nitrogen and oxygen atoms in total. The van der Waals surface area contributed by atoms with E-state index in [1.54, 1.807) is 0 Å². The first-order valence-electron chi connectivity index (χ1n) is 3.18. The SMILES string of the molecule is C[N+](C)(C)[13CH2][13CH2][13CH2]ON. The van der Waals surface area contributed by atoms with Crippen molar-refractivity contribution >= 4 is 0 Å². The maximum Gasteiger partial charge on any atom is 0.0803 e. The van der Waals surface area contributed by atoms with Gasteiger partial charge in [-0.3, -0.25) is 0 Å². The Morgan fingerprint density at radius 2 is 1.89 bits per heavy atom. The molecular formula is C6H17N2O+. The van der Waals surface area contributed by atoms with E-state index >= 15 is 0 Å². The quantitative estimate of drug-likeness (QED) is 0.255. The second-order valence-corrected chi connectivity index (χ2v) is 3.24. The molecule has 0 heterocycles. The van der Waals surface area contributed by atoms with Crippen molar-refractivity contribution < 1.29 is 9.32 Å². The Morgan fingerprint density at radius 1 is 1.33 bits per heavy atom. The van der Waals surface area contributed by atoms with Gasteiger partial charge in [-0.1, -0.05) is 0 Å². The van der Waals surface area contributed by atoms with E-state index in [1.807, 2.05) is 0 Å². The summed E-state index contributed by atoms with van der Waals surface area (Å²) in [7, 11) is 6.45. The molecule has 0 spiro atoms. The topological polar surface area (TPSA) is 35.2 Å². The van der Waals surface area contributed by atoms with Gasteiger partial charge >= 0.3 is 0 Å². The van der Waals surface area contributed by atoms with Gasteiger partial charge in [-0.2, -0.15) is 0 Å². The summed E-state index contributed by atoms with van der Waals surface area (Å²) in [6.45, 7) is 1.77. The maximum atomic E-state index is 4.85. The Morgan fingerprint density at radius 3 is 2.22 bits per heavy atom. The summed E-state index contributed by atoms with van der Waals surface area (Å²) in [5, 5.41) is 0. The highest BCUT2D eigenvalue weighted by atomic mass is 16.7. The van der Waals surface area contributed by atoms with E-state index in [0.717, 1.165) is 17.4 Å². The lowest BCUT2D eigenvalue weighted by Crippen LogP contribution is -2.35. The molecule has 0 radical (unpaired) electrons. The van der Waals surface area contributed by atoms with Crippen molar-refractivity contribution in [2.45, 2.75) is 6.42 Å². The first kappa shape index (κ1) is 8.88. The molecule has 0 saturated carbocycles. The molecule has 0 rings (SSSR count). The molecule has 0 aromatic heterocycles. The molecule has 0 atom stereocenters. The second kappa shape index (κ2) is 3.82. The van der Waals surface area contributed by atoms with Gasteiger partial charge in [0.05, 0.1) is 34.3 Å². The first-order chi connectivity index (χ1) is 4.06. The van der Waals surface area contributed by atoms with Crippen molar-refractivity contribution in [3.8, 4) is 0 Å². The van der Waals surface area contributed by atoms with Crippen molar-refractivity contribution in [2.24, 2.45) is 5.90 Å². The van der Waals surface area contributed by atoms with Crippen LogP contribution in [0, 0.1) is 0 Å². The van der Waals surface area contributed by atoms with E-state index in [2.05, 4.69) is 26.0 Å². The van der Waals surface area contributed by atoms with Crippen LogP contribution in [0.2, 0.25) is 0 Å². The molecule has 56 valence electrons. The number of hydrogen-bond donors (Lipinski definition) is 1. The Balaban J connectivity index is 3.07. The zero-order valence-electron chi connectivity index (χ0n) is 6.55. The largest absolute Gasteiger partial charge is 0.331 e. The lowest BCUT2D eigenvalue weighted by molar-refractivity contribution is -0.870. The van der Waals surface area contributed by atoms with Crippen LogP contribution < -0.4 is 5.90 Å². The number of rotatable bonds is 4. The minimum atomic E-state index is 0.662. The van der Waals surface area contributed by atoms with Gasteiger partial charge in [0, 0.05) is 6.42 Å². The summed E-state index contributed by atoms with van der Waals surface area (Å²) in [6, 6.07) is 0. The van der Waals surface area contributed by atoms with Crippen LogP contribution in [0.5, 0.6) is 0 Å². The lowest BCUT2D eigenvalue weighted by Gasteiger charge is -2.23. The normalized spacial score (nSPS) is 12.0. The van der Waals surface area contributed by atoms with Gasteiger partial charge in [-0.25, -0.2) is 5.90 Å². The van der Waals surface area contributed by atoms with Gasteiger partial charge in [-0.15, -0.1) is 0 Å². The highest BCUT2D eigenvalue weighted by Crippen LogP contribution is 1.91. The summed E-state index contributed by atoms with van der Waals surface area (Å²) < 4.78 is 0.976. The van der Waals surface area contributed by atoms with Crippen LogP contribution >= 0.6 is 0 Å². The van der Waals surface area contributed by atoms with Crippen molar-refractivity contribution in [2.75, 3.05) is 34.3 Å². The molecule has 0 amide bonds. The molecule has 9 heavy (non-hydrogen) atoms. The molecule has 2 N–H and O–H groups in total. The van der Waals surface area contributed by atoms with Crippen molar-refractivity contribution in [3.63, 3.8) is 0 Å². The lowest BCUT2D eigenvalue weighted by atomic mass is 10.8. The number of quaternary nitrogens is 1. The van der Waals surface area contributed by atoms with Crippen LogP contribution in [0.25, 0.3) is 0 Å². The van der Waals surface area contributed by atoms with Crippen molar-refractivity contribution in [3.05, 3.63) is 0 Å². The molecule has 0 aliphatic rings. The first-order valence-corrected chi connectivity index (χ1v) is 3.18. The summed E-state index contributed by atoms with van der Waals surface area (Å²) in [6.07, 6.45) is 1.03. The summed E-state index contributed by atoms with van der Waals surface area (Å²) in [5.41, 5.74) is 0. The maximum absolute atomic E-state index is 4.85. The second-order valence-electron chi connectivity index (χ2n) is 3.24. The molecule has 0 saturated heterocycles. The molecule has 0 aliphatic carbocycles. The van der Waals surface area contributed by atoms with Crippen molar-refractivity contribution in [1.82, 2.24) is 0 Å². The van der Waals surface area contributed by atoms with Gasteiger partial charge in [0.1, 0.15) is 0 Å². The van der Waals surface area contributed by atoms with Gasteiger partial charge in [-0.05, 0) is 0 Å². The summed E-state index contributed by atoms with van der Waals surface area (Å²) in [4.78, 5) is 4.43. The van der Waals surface area contributed by atoms with E-state index in [-0.39, 0.29) is 0 Å². The molecular weight excluding hydrogens is 119 g/mol. The third-order valence-corrected chi connectivity index (χ3v) is 1.09. The summed E-state index contributed by atoms with van der Waals surface area (Å²) >= 11 is 0. The highest BCUT2D eigenvalue weighted by Gasteiger charge is 2.04. The molecule has 0 fully saturated rings. The Hall–Kier alpha value is -0.120. The third-order valence-electron chi connectivity index (χ3n) is 1.09. The fraction of sp³-hybridized carbons (Fsp3) is 1.00. The molecule has 3 heteroatoms. The van der Waals surface area contributed by atoms with Gasteiger partial charge in [0.25, 0.3) is 0 Å². The van der Waals surface area contributed by atoms with Gasteiger partial charge in [0.15, 0.2) is 0 Å². The predicted molar refractivity (Wildman–Crippen MR) is 37.7 cm³/mol. The van der Waals surface area contributed by atoms with Crippen LogP contribution in [0.15, 0.2) is 0 Å². The van der Waals surface area contributed by atoms with Crippen LogP contribution in [0.1, 0.15) is 6.42 Å². The minimum Gasteiger partial charge on any atom is -0.331 e. The Bertz CT molecular complexity index is 67.9. The third kappa shape index (κ3) is 7.88. The number of nitrogens with zero attached hydrogens (tertiary/aromatic N) is 1. The van der Waals surface area contributed by atoms with Crippen LogP contribution in [0.4, 0.5) is 0 Å². The molecule has 0 aromatic carbocycles. The fourth-order valence-corrected chi connectivity index (χ4v) is 0.622. The zero-order chi connectivity index (χ0) is 7.33. The van der Waals surface area contributed by atoms with Crippen LogP contribution in [-0.2, 0) is 4.84 Å². The Labute approximate surface area is 56.9 Å². The number of hydrogen-bond acceptors (Lipinski definition) is 2. The van der Waals surface area contributed by atoms with Crippen LogP contribution in [0.3, 0.4) is 0 Å². The van der Waals surface area contributed by atoms with Gasteiger partial charge < -0.3 is 9.32 Å². The molecule has 0 unspecified atom stereocenters. The zero-order valence-corrected chi connectivity index (χ0v) is 6.55.